The Labute approximate surface area is 567 Å². The molecule has 4 aromatic carbocycles. The topological polar surface area (TPSA) is 200 Å². The number of carboxylic acid groups (broad SMARTS) is 1. The van der Waals surface area contributed by atoms with Gasteiger partial charge in [-0.15, -0.1) is 12.4 Å². The fourth-order valence-electron chi connectivity index (χ4n) is 11.5. The maximum atomic E-state index is 14.0. The first-order valence-corrected chi connectivity index (χ1v) is 32.8. The largest absolute Gasteiger partial charge is 0.489 e. The highest BCUT2D eigenvalue weighted by molar-refractivity contribution is 5.98. The second-order valence-corrected chi connectivity index (χ2v) is 28.5. The van der Waals surface area contributed by atoms with E-state index in [0.717, 1.165) is 104 Å². The van der Waals surface area contributed by atoms with E-state index in [-0.39, 0.29) is 87.0 Å². The third-order valence-corrected chi connectivity index (χ3v) is 15.8. The predicted octanol–water partition coefficient (Wildman–Crippen LogP) is 17.0. The number of hydrogen-bond acceptors (Lipinski definition) is 13. The maximum absolute atomic E-state index is 14.0. The Balaban J connectivity index is 0.000000287. The van der Waals surface area contributed by atoms with E-state index in [9.17, 15) is 55.1 Å². The average molecular weight is 1380 g/mol. The van der Waals surface area contributed by atoms with E-state index in [4.69, 9.17) is 33.5 Å². The molecule has 2 N–H and O–H groups in total. The average Bonchev–Trinajstić information content (AvgIpc) is 1.17. The van der Waals surface area contributed by atoms with Gasteiger partial charge in [-0.25, -0.2) is 9.59 Å². The summed E-state index contributed by atoms with van der Waals surface area (Å²) in [5.74, 6) is -1.12. The SMILES string of the molecule is CC(C)(C)OC(=O)CCN(CC(=O)N1CCc2cc(OCc3ccc(C4CCCCC4)cc3C(F)(F)F)ccc21)C(=O)OC(C)(C)C.CC(C)(C)OC(=O)CCN(CC(=O)O)C(=O)OC(C)(C)C.Cl.FC(F)(F)c1cc(C2CCCCC2)ccc1COc1ccc2c(c1)CCN2. The van der Waals surface area contributed by atoms with E-state index >= 15 is 0 Å². The molecule has 24 heteroatoms. The van der Waals surface area contributed by atoms with Gasteiger partial charge in [-0.05, 0) is 204 Å². The lowest BCUT2D eigenvalue weighted by atomic mass is 9.83. The van der Waals surface area contributed by atoms with Crippen LogP contribution in [0.25, 0.3) is 0 Å². The van der Waals surface area contributed by atoms with Crippen LogP contribution in [-0.4, -0.2) is 113 Å². The maximum Gasteiger partial charge on any atom is 0.416 e. The number of nitrogens with zero attached hydrogens (tertiary/aromatic N) is 3. The molecule has 2 heterocycles. The Kier molecular flexibility index (Phi) is 28.2. The number of fused-ring (bicyclic) bond motifs is 2. The van der Waals surface area contributed by atoms with Crippen molar-refractivity contribution < 1.29 is 88.6 Å². The number of aliphatic carboxylic acids is 1. The summed E-state index contributed by atoms with van der Waals surface area (Å²) in [4.78, 5) is 76.8. The van der Waals surface area contributed by atoms with E-state index in [1.54, 1.807) is 124 Å². The number of esters is 2. The molecule has 532 valence electrons. The molecule has 0 atom stereocenters. The quantitative estimate of drug-likeness (QED) is 0.0541. The molecule has 8 rings (SSSR count). The molecule has 0 spiro atoms. The normalized spacial score (nSPS) is 15.1. The number of benzene rings is 4. The van der Waals surface area contributed by atoms with Gasteiger partial charge in [0.2, 0.25) is 5.91 Å². The van der Waals surface area contributed by atoms with Crippen molar-refractivity contribution >= 4 is 59.8 Å². The summed E-state index contributed by atoms with van der Waals surface area (Å²) in [6.07, 6.45) is 1.23. The molecule has 0 radical (unpaired) electrons. The van der Waals surface area contributed by atoms with Gasteiger partial charge in [-0.3, -0.25) is 29.0 Å². The fourth-order valence-corrected chi connectivity index (χ4v) is 11.5. The summed E-state index contributed by atoms with van der Waals surface area (Å²) in [6.45, 7) is 20.5. The van der Waals surface area contributed by atoms with Crippen LogP contribution in [0.2, 0.25) is 0 Å². The molecule has 0 bridgehead atoms. The van der Waals surface area contributed by atoms with Crippen LogP contribution in [0.3, 0.4) is 0 Å². The Bertz CT molecular complexity index is 3280. The van der Waals surface area contributed by atoms with Crippen LogP contribution in [0.15, 0.2) is 72.8 Å². The second kappa shape index (κ2) is 34.2. The first-order valence-electron chi connectivity index (χ1n) is 32.8. The van der Waals surface area contributed by atoms with Gasteiger partial charge < -0.3 is 43.7 Å². The molecule has 4 aliphatic rings. The number of rotatable bonds is 18. The Morgan fingerprint density at radius 1 is 0.521 bits per heavy atom. The van der Waals surface area contributed by atoms with Crippen molar-refractivity contribution in [1.82, 2.24) is 9.80 Å². The first kappa shape index (κ1) is 79.3. The fraction of sp³-hybridized carbons (Fsp3) is 0.583. The Hall–Kier alpha value is -7.43. The van der Waals surface area contributed by atoms with Gasteiger partial charge in [0.25, 0.3) is 0 Å². The molecule has 96 heavy (non-hydrogen) atoms. The number of alkyl halides is 6. The number of halogens is 7. The molecular formula is C72H97ClF6N4O13. The van der Waals surface area contributed by atoms with Gasteiger partial charge >= 0.3 is 42.4 Å². The minimum Gasteiger partial charge on any atom is -0.489 e. The molecule has 2 saturated carbocycles. The molecular weight excluding hydrogens is 1280 g/mol. The molecule has 2 aliphatic heterocycles. The smallest absolute Gasteiger partial charge is 0.416 e. The number of hydrogen-bond donors (Lipinski definition) is 2. The Morgan fingerprint density at radius 2 is 0.938 bits per heavy atom. The zero-order valence-electron chi connectivity index (χ0n) is 57.5. The molecule has 0 unspecified atom stereocenters. The lowest BCUT2D eigenvalue weighted by Gasteiger charge is -2.29. The zero-order chi connectivity index (χ0) is 70.3. The number of nitrogens with one attached hydrogen (secondary N) is 1. The van der Waals surface area contributed by atoms with E-state index in [0.29, 0.717) is 30.2 Å². The number of ether oxygens (including phenoxy) is 6. The summed E-state index contributed by atoms with van der Waals surface area (Å²) in [6, 6.07) is 20.1. The highest BCUT2D eigenvalue weighted by Gasteiger charge is 2.37. The van der Waals surface area contributed by atoms with Crippen molar-refractivity contribution in [1.29, 1.82) is 0 Å². The van der Waals surface area contributed by atoms with Crippen LogP contribution >= 0.6 is 12.4 Å². The van der Waals surface area contributed by atoms with E-state index < -0.39 is 82.5 Å². The third kappa shape index (κ3) is 26.2. The van der Waals surface area contributed by atoms with Crippen LogP contribution in [0.1, 0.15) is 216 Å². The van der Waals surface area contributed by atoms with Gasteiger partial charge in [0.1, 0.15) is 60.2 Å². The van der Waals surface area contributed by atoms with Gasteiger partial charge in [0, 0.05) is 48.7 Å². The lowest BCUT2D eigenvalue weighted by molar-refractivity contribution is -0.156. The Morgan fingerprint density at radius 3 is 1.35 bits per heavy atom. The molecule has 0 saturated heterocycles. The van der Waals surface area contributed by atoms with Gasteiger partial charge in [-0.1, -0.05) is 62.8 Å². The van der Waals surface area contributed by atoms with Crippen LogP contribution < -0.4 is 19.7 Å². The van der Waals surface area contributed by atoms with E-state index in [1.807, 2.05) is 18.2 Å². The lowest BCUT2D eigenvalue weighted by Crippen LogP contribution is -2.45. The first-order chi connectivity index (χ1) is 44.2. The summed E-state index contributed by atoms with van der Waals surface area (Å²) >= 11 is 0. The zero-order valence-corrected chi connectivity index (χ0v) is 58.3. The van der Waals surface area contributed by atoms with Crippen molar-refractivity contribution in [2.45, 2.75) is 233 Å². The highest BCUT2D eigenvalue weighted by Crippen LogP contribution is 2.41. The van der Waals surface area contributed by atoms with Gasteiger partial charge in [0.15, 0.2) is 0 Å². The number of carbonyl (C=O) groups excluding carboxylic acids is 5. The number of amides is 3. The van der Waals surface area contributed by atoms with Crippen LogP contribution in [0, 0.1) is 0 Å². The molecule has 17 nitrogen and oxygen atoms in total. The highest BCUT2D eigenvalue weighted by atomic mass is 35.5. The minimum atomic E-state index is -4.50. The molecule has 2 aliphatic carbocycles. The number of carboxylic acids is 1. The summed E-state index contributed by atoms with van der Waals surface area (Å²) in [7, 11) is 0. The van der Waals surface area contributed by atoms with Crippen molar-refractivity contribution in [3.63, 3.8) is 0 Å². The molecule has 2 fully saturated rings. The molecule has 0 aromatic heterocycles. The van der Waals surface area contributed by atoms with Gasteiger partial charge in [-0.2, -0.15) is 26.3 Å². The predicted molar refractivity (Wildman–Crippen MR) is 356 cm³/mol. The van der Waals surface area contributed by atoms with Crippen molar-refractivity contribution in [2.75, 3.05) is 49.5 Å². The summed E-state index contributed by atoms with van der Waals surface area (Å²) in [5, 5.41) is 12.1. The summed E-state index contributed by atoms with van der Waals surface area (Å²) in [5.41, 5.74) is 1.39. The second-order valence-electron chi connectivity index (χ2n) is 28.5. The minimum absolute atomic E-state index is 0. The van der Waals surface area contributed by atoms with Crippen LogP contribution in [0.5, 0.6) is 11.5 Å². The molecule has 3 amide bonds. The van der Waals surface area contributed by atoms with Crippen LogP contribution in [0.4, 0.5) is 47.3 Å². The third-order valence-electron chi connectivity index (χ3n) is 15.8. The summed E-state index contributed by atoms with van der Waals surface area (Å²) < 4.78 is 116. The van der Waals surface area contributed by atoms with Crippen molar-refractivity contribution in [3.8, 4) is 11.5 Å². The van der Waals surface area contributed by atoms with Crippen LogP contribution in [-0.2, 0) is 76.5 Å². The van der Waals surface area contributed by atoms with Crippen molar-refractivity contribution in [3.05, 3.63) is 117 Å². The number of anilines is 2. The van der Waals surface area contributed by atoms with E-state index in [1.165, 1.54) is 29.5 Å². The standard InChI is InChI=1S/C36H47F3N2O6.C22H24F3NO.C14H25NO6.ClH/c1-34(2,3)46-32(43)17-18-40(33(44)47-35(4,5)6)22-31(42)41-19-16-26-20-28(14-15-30(26)41)45-23-27-13-12-25(21-29(27)36(37,38)39)24-10-8-7-9-11-24;23-22(24,25)20-13-16(15-4-2-1-3-5-15)6-7-18(20)14-27-19-8-9-21-17(12-19)10-11-26-21;1-13(2,3)20-11(18)7-8-15(9-10(16)17)12(19)21-14(4,5)6;/h12-15,20-21,24H,7-11,16-19,22-23H2,1-6H3;6-9,12-13,15,26H,1-5,10-11,14H2;7-9H2,1-6H3,(H,16,17);1H. The number of carbonyl (C=O) groups is 6. The van der Waals surface area contributed by atoms with E-state index in [2.05, 4.69) is 5.32 Å². The van der Waals surface area contributed by atoms with Crippen molar-refractivity contribution in [2.24, 2.45) is 0 Å². The molecule has 4 aromatic rings. The monoisotopic (exact) mass is 1370 g/mol. The van der Waals surface area contributed by atoms with Gasteiger partial charge in [0.05, 0.1) is 24.0 Å².